The number of fused-ring (bicyclic) bond motifs is 3. The summed E-state index contributed by atoms with van der Waals surface area (Å²) in [5, 5.41) is 14.2. The van der Waals surface area contributed by atoms with E-state index >= 15 is 0 Å². The number of hydrogen-bond donors (Lipinski definition) is 2. The Morgan fingerprint density at radius 1 is 1.31 bits per heavy atom. The van der Waals surface area contributed by atoms with E-state index < -0.39 is 0 Å². The van der Waals surface area contributed by atoms with Crippen LogP contribution in [0.25, 0.3) is 22.1 Å². The Labute approximate surface area is 168 Å². The van der Waals surface area contributed by atoms with Gasteiger partial charge in [-0.15, -0.1) is 0 Å². The number of oxime groups is 1. The summed E-state index contributed by atoms with van der Waals surface area (Å²) < 4.78 is 2.32. The van der Waals surface area contributed by atoms with Crippen molar-refractivity contribution in [3.8, 4) is 6.07 Å². The van der Waals surface area contributed by atoms with E-state index in [1.165, 1.54) is 0 Å². The van der Waals surface area contributed by atoms with Gasteiger partial charge in [0.1, 0.15) is 17.0 Å². The largest absolute Gasteiger partial charge is 0.386 e. The number of pyridine rings is 1. The minimum atomic E-state index is 0.284. The van der Waals surface area contributed by atoms with Gasteiger partial charge >= 0.3 is 0 Å². The van der Waals surface area contributed by atoms with E-state index in [0.717, 1.165) is 66.4 Å². The average molecular weight is 391 g/mol. The van der Waals surface area contributed by atoms with Crippen molar-refractivity contribution in [2.45, 2.75) is 57.6 Å². The Morgan fingerprint density at radius 2 is 2.14 bits per heavy atom. The molecule has 0 aliphatic heterocycles. The van der Waals surface area contributed by atoms with Crippen LogP contribution in [0.2, 0.25) is 0 Å². The molecule has 3 heterocycles. The molecule has 3 N–H and O–H groups in total. The van der Waals surface area contributed by atoms with Crippen LogP contribution in [-0.4, -0.2) is 25.4 Å². The predicted octanol–water partition coefficient (Wildman–Crippen LogP) is 3.76. The van der Waals surface area contributed by atoms with Gasteiger partial charge in [-0.2, -0.15) is 5.26 Å². The molecule has 8 nitrogen and oxygen atoms in total. The number of imidazole rings is 1. The SMILES string of the molecule is N#CC[C@H]1CC[C@@H](n2c(CO/N=C(\N)C3CC3)nc3cnc4[nH]ccc4c32)CC1. The van der Waals surface area contributed by atoms with Gasteiger partial charge in [0.25, 0.3) is 0 Å². The number of aromatic nitrogens is 4. The van der Waals surface area contributed by atoms with Crippen LogP contribution in [0.5, 0.6) is 0 Å². The van der Waals surface area contributed by atoms with E-state index in [0.29, 0.717) is 30.1 Å². The molecule has 0 aromatic carbocycles. The number of amidine groups is 1. The van der Waals surface area contributed by atoms with Crippen molar-refractivity contribution in [2.24, 2.45) is 22.7 Å². The summed E-state index contributed by atoms with van der Waals surface area (Å²) in [5.41, 5.74) is 8.79. The smallest absolute Gasteiger partial charge is 0.174 e. The van der Waals surface area contributed by atoms with Crippen LogP contribution < -0.4 is 5.73 Å². The molecule has 0 saturated heterocycles. The first-order valence-corrected chi connectivity index (χ1v) is 10.4. The number of hydrogen-bond acceptors (Lipinski definition) is 5. The molecular weight excluding hydrogens is 366 g/mol. The molecule has 2 aliphatic carbocycles. The highest BCUT2D eigenvalue weighted by atomic mass is 16.6. The van der Waals surface area contributed by atoms with Gasteiger partial charge in [0, 0.05) is 30.0 Å². The second-order valence-corrected chi connectivity index (χ2v) is 8.23. The Kier molecular flexibility index (Phi) is 4.58. The van der Waals surface area contributed by atoms with Gasteiger partial charge in [0.05, 0.1) is 17.8 Å². The highest BCUT2D eigenvalue weighted by Crippen LogP contribution is 2.38. The van der Waals surface area contributed by atoms with Crippen LogP contribution in [0.3, 0.4) is 0 Å². The van der Waals surface area contributed by atoms with Gasteiger partial charge in [-0.25, -0.2) is 9.97 Å². The molecule has 0 bridgehead atoms. The number of aromatic amines is 1. The van der Waals surface area contributed by atoms with E-state index in [1.54, 1.807) is 0 Å². The Morgan fingerprint density at radius 3 is 2.90 bits per heavy atom. The molecule has 0 unspecified atom stereocenters. The van der Waals surface area contributed by atoms with Crippen molar-refractivity contribution < 1.29 is 4.84 Å². The summed E-state index contributed by atoms with van der Waals surface area (Å²) in [6, 6.07) is 4.71. The molecule has 8 heteroatoms. The zero-order valence-corrected chi connectivity index (χ0v) is 16.3. The van der Waals surface area contributed by atoms with Crippen molar-refractivity contribution in [2.75, 3.05) is 0 Å². The molecule has 0 atom stereocenters. The summed E-state index contributed by atoms with van der Waals surface area (Å²) >= 11 is 0. The summed E-state index contributed by atoms with van der Waals surface area (Å²) in [4.78, 5) is 18.1. The number of nitriles is 1. The van der Waals surface area contributed by atoms with Gasteiger partial charge in [-0.1, -0.05) is 5.16 Å². The Balaban J connectivity index is 1.49. The zero-order valence-electron chi connectivity index (χ0n) is 16.3. The van der Waals surface area contributed by atoms with E-state index in [-0.39, 0.29) is 6.61 Å². The third-order valence-electron chi connectivity index (χ3n) is 6.23. The third-order valence-corrected chi connectivity index (χ3v) is 6.23. The van der Waals surface area contributed by atoms with Crippen LogP contribution >= 0.6 is 0 Å². The van der Waals surface area contributed by atoms with Gasteiger partial charge in [0.15, 0.2) is 12.4 Å². The van der Waals surface area contributed by atoms with Gasteiger partial charge in [-0.05, 0) is 50.5 Å². The van der Waals surface area contributed by atoms with E-state index in [2.05, 4.69) is 31.8 Å². The second-order valence-electron chi connectivity index (χ2n) is 8.23. The molecule has 2 saturated carbocycles. The number of nitrogens with zero attached hydrogens (tertiary/aromatic N) is 5. The van der Waals surface area contributed by atoms with E-state index in [4.69, 9.17) is 20.8 Å². The highest BCUT2D eigenvalue weighted by Gasteiger charge is 2.28. The van der Waals surface area contributed by atoms with Crippen LogP contribution in [0.15, 0.2) is 23.6 Å². The minimum absolute atomic E-state index is 0.284. The molecule has 0 amide bonds. The topological polar surface area (TPSA) is 118 Å². The van der Waals surface area contributed by atoms with Gasteiger partial charge in [-0.3, -0.25) is 0 Å². The Hall–Kier alpha value is -3.08. The predicted molar refractivity (Wildman–Crippen MR) is 110 cm³/mol. The lowest BCUT2D eigenvalue weighted by Crippen LogP contribution is -2.20. The molecule has 3 aromatic heterocycles. The number of H-pyrrole nitrogens is 1. The fraction of sp³-hybridized carbons (Fsp3) is 0.524. The molecule has 0 radical (unpaired) electrons. The normalized spacial score (nSPS) is 22.8. The lowest BCUT2D eigenvalue weighted by molar-refractivity contribution is 0.118. The van der Waals surface area contributed by atoms with Crippen molar-refractivity contribution in [1.29, 1.82) is 5.26 Å². The van der Waals surface area contributed by atoms with Crippen molar-refractivity contribution >= 4 is 27.9 Å². The van der Waals surface area contributed by atoms with Crippen molar-refractivity contribution in [1.82, 2.24) is 19.5 Å². The van der Waals surface area contributed by atoms with Crippen molar-refractivity contribution in [3.05, 3.63) is 24.3 Å². The lowest BCUT2D eigenvalue weighted by Gasteiger charge is -2.29. The fourth-order valence-corrected chi connectivity index (χ4v) is 4.49. The molecule has 5 rings (SSSR count). The van der Waals surface area contributed by atoms with E-state index in [1.807, 2.05) is 12.4 Å². The molecule has 0 spiro atoms. The van der Waals surface area contributed by atoms with Crippen molar-refractivity contribution in [3.63, 3.8) is 0 Å². The van der Waals surface area contributed by atoms with Crippen LogP contribution in [0.1, 0.15) is 56.8 Å². The van der Waals surface area contributed by atoms with Gasteiger partial charge in [0.2, 0.25) is 0 Å². The minimum Gasteiger partial charge on any atom is -0.386 e. The third kappa shape index (κ3) is 3.41. The molecule has 150 valence electrons. The number of rotatable bonds is 6. The molecular formula is C21H25N7O. The molecule has 2 fully saturated rings. The second kappa shape index (κ2) is 7.39. The van der Waals surface area contributed by atoms with Crippen LogP contribution in [0, 0.1) is 23.2 Å². The van der Waals surface area contributed by atoms with Gasteiger partial charge < -0.3 is 20.1 Å². The highest BCUT2D eigenvalue weighted by molar-refractivity contribution is 6.01. The first-order valence-electron chi connectivity index (χ1n) is 10.4. The number of nitrogens with one attached hydrogen (secondary N) is 1. The molecule has 3 aromatic rings. The maximum absolute atomic E-state index is 9.02. The maximum Gasteiger partial charge on any atom is 0.174 e. The first-order chi connectivity index (χ1) is 14.2. The Bertz CT molecular complexity index is 1090. The number of nitrogens with two attached hydrogens (primary N) is 1. The lowest BCUT2D eigenvalue weighted by atomic mass is 9.84. The first kappa shape index (κ1) is 18.0. The quantitative estimate of drug-likeness (QED) is 0.377. The monoisotopic (exact) mass is 391 g/mol. The van der Waals surface area contributed by atoms with Crippen LogP contribution in [0.4, 0.5) is 0 Å². The van der Waals surface area contributed by atoms with E-state index in [9.17, 15) is 0 Å². The zero-order chi connectivity index (χ0) is 19.8. The fourth-order valence-electron chi connectivity index (χ4n) is 4.49. The average Bonchev–Trinajstić information content (AvgIpc) is 3.36. The standard InChI is InChI=1S/C21H25N7O/c22-9-7-13-1-5-15(6-2-13)28-18(12-29-27-20(23)14-3-4-14)26-17-11-25-21-16(19(17)28)8-10-24-21/h8,10-11,13-15H,1-7,12H2,(H2,23,27)(H,24,25)/t13-,15+. The summed E-state index contributed by atoms with van der Waals surface area (Å²) in [6.07, 6.45) is 10.8. The maximum atomic E-state index is 9.02. The van der Waals surface area contributed by atoms with Crippen LogP contribution in [-0.2, 0) is 11.4 Å². The molecule has 29 heavy (non-hydrogen) atoms. The summed E-state index contributed by atoms with van der Waals surface area (Å²) in [7, 11) is 0. The molecule has 2 aliphatic rings. The summed E-state index contributed by atoms with van der Waals surface area (Å²) in [5.74, 6) is 2.32. The summed E-state index contributed by atoms with van der Waals surface area (Å²) in [6.45, 7) is 0.284.